The standard InChI is InChI=1S/C17H16N4O2/c22-8-2-7-20-11-19-14-9-12(4-5-16(14)20)21-10-15-13(17(21)23)3-1-6-18-15/h1,3-6,9,11,22H,2,7-8,10H2. The first kappa shape index (κ1) is 13.9. The molecule has 1 N–H and O–H groups in total. The maximum absolute atomic E-state index is 12.5. The van der Waals surface area contributed by atoms with E-state index in [-0.39, 0.29) is 12.5 Å². The van der Waals surface area contributed by atoms with Crippen molar-refractivity contribution >= 4 is 22.6 Å². The second-order valence-electron chi connectivity index (χ2n) is 5.58. The van der Waals surface area contributed by atoms with Gasteiger partial charge in [-0.15, -0.1) is 0 Å². The second kappa shape index (κ2) is 5.48. The Balaban J connectivity index is 1.67. The van der Waals surface area contributed by atoms with Gasteiger partial charge in [-0.25, -0.2) is 4.98 Å². The van der Waals surface area contributed by atoms with Gasteiger partial charge in [0, 0.05) is 25.0 Å². The third-order valence-electron chi connectivity index (χ3n) is 4.15. The summed E-state index contributed by atoms with van der Waals surface area (Å²) in [4.78, 5) is 22.9. The molecule has 3 heterocycles. The number of aliphatic hydroxyl groups is 1. The smallest absolute Gasteiger partial charge is 0.260 e. The van der Waals surface area contributed by atoms with Crippen molar-refractivity contribution in [2.45, 2.75) is 19.5 Å². The van der Waals surface area contributed by atoms with Crippen molar-refractivity contribution in [3.05, 3.63) is 54.1 Å². The quantitative estimate of drug-likeness (QED) is 0.800. The van der Waals surface area contributed by atoms with Crippen molar-refractivity contribution in [3.63, 3.8) is 0 Å². The minimum absolute atomic E-state index is 0.0211. The van der Waals surface area contributed by atoms with Gasteiger partial charge in [0.1, 0.15) is 0 Å². The van der Waals surface area contributed by atoms with Crippen LogP contribution in [0.2, 0.25) is 0 Å². The third-order valence-corrected chi connectivity index (χ3v) is 4.15. The number of aliphatic hydroxyl groups excluding tert-OH is 1. The molecule has 6 heteroatoms. The van der Waals surface area contributed by atoms with Gasteiger partial charge in [0.05, 0.1) is 35.2 Å². The molecule has 0 spiro atoms. The Morgan fingerprint density at radius 1 is 1.22 bits per heavy atom. The number of fused-ring (bicyclic) bond motifs is 2. The molecule has 0 saturated carbocycles. The number of aryl methyl sites for hydroxylation is 1. The van der Waals surface area contributed by atoms with Crippen molar-refractivity contribution in [1.29, 1.82) is 0 Å². The van der Waals surface area contributed by atoms with E-state index in [9.17, 15) is 4.79 Å². The molecular weight excluding hydrogens is 292 g/mol. The van der Waals surface area contributed by atoms with E-state index < -0.39 is 0 Å². The fraction of sp³-hybridized carbons (Fsp3) is 0.235. The van der Waals surface area contributed by atoms with Gasteiger partial charge < -0.3 is 14.6 Å². The van der Waals surface area contributed by atoms with E-state index in [4.69, 9.17) is 5.11 Å². The predicted molar refractivity (Wildman–Crippen MR) is 86.2 cm³/mol. The third kappa shape index (κ3) is 2.27. The van der Waals surface area contributed by atoms with Gasteiger partial charge in [-0.05, 0) is 36.8 Å². The summed E-state index contributed by atoms with van der Waals surface area (Å²) >= 11 is 0. The number of nitrogens with zero attached hydrogens (tertiary/aromatic N) is 4. The van der Waals surface area contributed by atoms with Crippen LogP contribution in [0, 0.1) is 0 Å². The second-order valence-corrected chi connectivity index (χ2v) is 5.58. The number of hydrogen-bond acceptors (Lipinski definition) is 4. The summed E-state index contributed by atoms with van der Waals surface area (Å²) in [5.41, 5.74) is 4.15. The van der Waals surface area contributed by atoms with Crippen LogP contribution in [-0.2, 0) is 13.1 Å². The first-order valence-corrected chi connectivity index (χ1v) is 7.59. The van der Waals surface area contributed by atoms with E-state index in [2.05, 4.69) is 9.97 Å². The average Bonchev–Trinajstić information content (AvgIpc) is 3.14. The van der Waals surface area contributed by atoms with Gasteiger partial charge in [-0.1, -0.05) is 0 Å². The number of pyridine rings is 1. The molecular formula is C17H16N4O2. The highest BCUT2D eigenvalue weighted by Gasteiger charge is 2.29. The number of hydrogen-bond donors (Lipinski definition) is 1. The fourth-order valence-corrected chi connectivity index (χ4v) is 2.97. The van der Waals surface area contributed by atoms with Crippen LogP contribution in [0.15, 0.2) is 42.9 Å². The van der Waals surface area contributed by atoms with E-state index in [0.29, 0.717) is 18.5 Å². The van der Waals surface area contributed by atoms with E-state index in [0.717, 1.165) is 29.0 Å². The molecule has 0 atom stereocenters. The number of carbonyl (C=O) groups is 1. The van der Waals surface area contributed by atoms with Crippen LogP contribution >= 0.6 is 0 Å². The molecule has 0 radical (unpaired) electrons. The van der Waals surface area contributed by atoms with Crippen LogP contribution < -0.4 is 4.90 Å². The van der Waals surface area contributed by atoms with Crippen LogP contribution in [-0.4, -0.2) is 32.2 Å². The topological polar surface area (TPSA) is 71.2 Å². The Hall–Kier alpha value is -2.73. The molecule has 0 aliphatic carbocycles. The molecule has 0 unspecified atom stereocenters. The lowest BCUT2D eigenvalue weighted by Crippen LogP contribution is -2.22. The van der Waals surface area contributed by atoms with Gasteiger partial charge in [0.2, 0.25) is 0 Å². The van der Waals surface area contributed by atoms with Crippen molar-refractivity contribution < 1.29 is 9.90 Å². The summed E-state index contributed by atoms with van der Waals surface area (Å²) in [5, 5.41) is 8.96. The summed E-state index contributed by atoms with van der Waals surface area (Å²) in [7, 11) is 0. The normalized spacial score (nSPS) is 13.8. The lowest BCUT2D eigenvalue weighted by molar-refractivity contribution is 0.0996. The SMILES string of the molecule is O=C1c2cccnc2CN1c1ccc2c(c1)ncn2CCCO. The van der Waals surface area contributed by atoms with Crippen molar-refractivity contribution in [2.24, 2.45) is 0 Å². The Bertz CT molecular complexity index is 887. The number of rotatable bonds is 4. The molecule has 1 aliphatic rings. The lowest BCUT2D eigenvalue weighted by atomic mass is 10.2. The van der Waals surface area contributed by atoms with Gasteiger partial charge in [0.15, 0.2) is 0 Å². The molecule has 0 fully saturated rings. The van der Waals surface area contributed by atoms with Crippen LogP contribution in [0.1, 0.15) is 22.5 Å². The number of aromatic nitrogens is 3. The zero-order valence-corrected chi connectivity index (χ0v) is 12.5. The van der Waals surface area contributed by atoms with E-state index in [1.165, 1.54) is 0 Å². The molecule has 6 nitrogen and oxygen atoms in total. The maximum atomic E-state index is 12.5. The number of amides is 1. The minimum atomic E-state index is -0.0211. The van der Waals surface area contributed by atoms with Crippen molar-refractivity contribution in [2.75, 3.05) is 11.5 Å². The van der Waals surface area contributed by atoms with Crippen LogP contribution in [0.3, 0.4) is 0 Å². The van der Waals surface area contributed by atoms with E-state index in [1.54, 1.807) is 23.5 Å². The highest BCUT2D eigenvalue weighted by molar-refractivity contribution is 6.10. The maximum Gasteiger partial charge on any atom is 0.260 e. The summed E-state index contributed by atoms with van der Waals surface area (Å²) in [6, 6.07) is 9.43. The number of benzene rings is 1. The van der Waals surface area contributed by atoms with Crippen molar-refractivity contribution in [1.82, 2.24) is 14.5 Å². The summed E-state index contributed by atoms with van der Waals surface area (Å²) < 4.78 is 2.01. The summed E-state index contributed by atoms with van der Waals surface area (Å²) in [5.74, 6) is -0.0211. The van der Waals surface area contributed by atoms with Gasteiger partial charge in [-0.2, -0.15) is 0 Å². The number of anilines is 1. The molecule has 1 aliphatic heterocycles. The first-order chi connectivity index (χ1) is 11.3. The highest BCUT2D eigenvalue weighted by Crippen LogP contribution is 2.29. The van der Waals surface area contributed by atoms with Crippen LogP contribution in [0.25, 0.3) is 11.0 Å². The molecule has 3 aromatic rings. The Kier molecular flexibility index (Phi) is 3.31. The molecule has 1 amide bonds. The molecule has 4 rings (SSSR count). The summed E-state index contributed by atoms with van der Waals surface area (Å²) in [6.45, 7) is 1.38. The van der Waals surface area contributed by atoms with Gasteiger partial charge in [-0.3, -0.25) is 9.78 Å². The highest BCUT2D eigenvalue weighted by atomic mass is 16.3. The molecule has 116 valence electrons. The monoisotopic (exact) mass is 308 g/mol. The minimum Gasteiger partial charge on any atom is -0.396 e. The number of carbonyl (C=O) groups excluding carboxylic acids is 1. The zero-order chi connectivity index (χ0) is 15.8. The average molecular weight is 308 g/mol. The molecule has 23 heavy (non-hydrogen) atoms. The predicted octanol–water partition coefficient (Wildman–Crippen LogP) is 1.97. The molecule has 0 saturated heterocycles. The first-order valence-electron chi connectivity index (χ1n) is 7.59. The molecule has 2 aromatic heterocycles. The molecule has 1 aromatic carbocycles. The lowest BCUT2D eigenvalue weighted by Gasteiger charge is -2.15. The Labute approximate surface area is 133 Å². The van der Waals surface area contributed by atoms with Crippen molar-refractivity contribution in [3.8, 4) is 0 Å². The van der Waals surface area contributed by atoms with E-state index >= 15 is 0 Å². The number of imidazole rings is 1. The Morgan fingerprint density at radius 2 is 2.13 bits per heavy atom. The van der Waals surface area contributed by atoms with E-state index in [1.807, 2.05) is 28.8 Å². The van der Waals surface area contributed by atoms with Gasteiger partial charge >= 0.3 is 0 Å². The van der Waals surface area contributed by atoms with Crippen LogP contribution in [0.5, 0.6) is 0 Å². The zero-order valence-electron chi connectivity index (χ0n) is 12.5. The Morgan fingerprint density at radius 3 is 2.96 bits per heavy atom. The fourth-order valence-electron chi connectivity index (χ4n) is 2.97. The van der Waals surface area contributed by atoms with Gasteiger partial charge in [0.25, 0.3) is 5.91 Å². The van der Waals surface area contributed by atoms with Crippen LogP contribution in [0.4, 0.5) is 5.69 Å². The summed E-state index contributed by atoms with van der Waals surface area (Å²) in [6.07, 6.45) is 4.17. The molecule has 0 bridgehead atoms. The largest absolute Gasteiger partial charge is 0.396 e.